The van der Waals surface area contributed by atoms with Crippen LogP contribution in [0.15, 0.2) is 55.1 Å². The number of aromatic nitrogens is 3. The van der Waals surface area contributed by atoms with Gasteiger partial charge in [-0.2, -0.15) is 0 Å². The zero-order valence-corrected chi connectivity index (χ0v) is 20.1. The first kappa shape index (κ1) is 23.2. The molecule has 1 aliphatic rings. The van der Waals surface area contributed by atoms with Crippen molar-refractivity contribution in [2.24, 2.45) is 0 Å². The van der Waals surface area contributed by atoms with Gasteiger partial charge in [-0.15, -0.1) is 0 Å². The van der Waals surface area contributed by atoms with Crippen LogP contribution in [0.4, 0.5) is 11.4 Å². The number of halogens is 1. The highest BCUT2D eigenvalue weighted by atomic mass is 35.5. The van der Waals surface area contributed by atoms with Crippen LogP contribution in [0, 0.1) is 0 Å². The molecule has 1 unspecified atom stereocenters. The molecule has 0 radical (unpaired) electrons. The number of anilines is 2. The van der Waals surface area contributed by atoms with Gasteiger partial charge < -0.3 is 20.4 Å². The molecule has 1 fully saturated rings. The Kier molecular flexibility index (Phi) is 6.14. The van der Waals surface area contributed by atoms with E-state index in [1.807, 2.05) is 30.9 Å². The van der Waals surface area contributed by atoms with Gasteiger partial charge in [-0.3, -0.25) is 24.5 Å². The van der Waals surface area contributed by atoms with Gasteiger partial charge in [0.15, 0.2) is 0 Å². The molecule has 4 heterocycles. The summed E-state index contributed by atoms with van der Waals surface area (Å²) in [5, 5.41) is 8.18. The summed E-state index contributed by atoms with van der Waals surface area (Å²) in [5.41, 5.74) is 2.25. The lowest BCUT2D eigenvalue weighted by Gasteiger charge is -2.42. The second kappa shape index (κ2) is 9.26. The van der Waals surface area contributed by atoms with Crippen molar-refractivity contribution in [1.82, 2.24) is 19.9 Å². The average Bonchev–Trinajstić information content (AvgIpc) is 3.18. The molecule has 1 atom stereocenters. The Hall–Kier alpha value is -3.53. The Balaban J connectivity index is 1.39. The van der Waals surface area contributed by atoms with Crippen LogP contribution in [0.25, 0.3) is 21.8 Å². The maximum atomic E-state index is 13.5. The molecule has 0 bridgehead atoms. The highest BCUT2D eigenvalue weighted by molar-refractivity contribution is 6.33. The van der Waals surface area contributed by atoms with Crippen LogP contribution in [-0.2, 0) is 14.3 Å². The number of nitrogens with one attached hydrogen (secondary N) is 3. The number of morpholine rings is 1. The third-order valence-corrected chi connectivity index (χ3v) is 6.20. The maximum absolute atomic E-state index is 13.5. The van der Waals surface area contributed by atoms with Gasteiger partial charge in [0.05, 0.1) is 53.6 Å². The number of carbonyl (C=O) groups excluding carboxylic acids is 2. The van der Waals surface area contributed by atoms with Gasteiger partial charge in [-0.1, -0.05) is 11.6 Å². The Morgan fingerprint density at radius 3 is 2.80 bits per heavy atom. The van der Waals surface area contributed by atoms with E-state index >= 15 is 0 Å². The summed E-state index contributed by atoms with van der Waals surface area (Å²) in [6, 6.07) is 8.30. The number of aromatic amines is 1. The van der Waals surface area contributed by atoms with Crippen molar-refractivity contribution in [2.75, 3.05) is 30.3 Å². The number of ether oxygens (including phenoxy) is 1. The highest BCUT2D eigenvalue weighted by Crippen LogP contribution is 2.33. The van der Waals surface area contributed by atoms with Crippen LogP contribution in [0.2, 0.25) is 5.02 Å². The van der Waals surface area contributed by atoms with Crippen LogP contribution in [-0.4, -0.2) is 63.0 Å². The van der Waals surface area contributed by atoms with Crippen LogP contribution in [0.5, 0.6) is 0 Å². The van der Waals surface area contributed by atoms with E-state index in [2.05, 4.69) is 25.6 Å². The molecule has 5 rings (SSSR count). The van der Waals surface area contributed by atoms with Crippen molar-refractivity contribution in [3.63, 3.8) is 0 Å². The van der Waals surface area contributed by atoms with Gasteiger partial charge in [0.1, 0.15) is 6.04 Å². The SMILES string of the molecule is CC1(C)CN(CC(=O)Nc2cccnc2)C(C(=O)Nc2cc(Cl)cc3c2[nH]c2cnccc23)CO1. The highest BCUT2D eigenvalue weighted by Gasteiger charge is 2.38. The van der Waals surface area contributed by atoms with Gasteiger partial charge in [0.25, 0.3) is 0 Å². The van der Waals surface area contributed by atoms with Gasteiger partial charge in [0, 0.05) is 34.7 Å². The molecule has 1 saturated heterocycles. The second-order valence-electron chi connectivity index (χ2n) is 9.19. The van der Waals surface area contributed by atoms with E-state index in [0.29, 0.717) is 22.9 Å². The topological polar surface area (TPSA) is 112 Å². The molecule has 3 N–H and O–H groups in total. The lowest BCUT2D eigenvalue weighted by molar-refractivity contribution is -0.145. The molecular formula is C25H25ClN6O3. The molecule has 2 amide bonds. The average molecular weight is 493 g/mol. The molecule has 0 aliphatic carbocycles. The molecule has 4 aromatic rings. The minimum atomic E-state index is -0.664. The number of carbonyl (C=O) groups is 2. The zero-order valence-electron chi connectivity index (χ0n) is 19.3. The van der Waals surface area contributed by atoms with E-state index in [-0.39, 0.29) is 25.0 Å². The molecule has 0 spiro atoms. The molecule has 0 saturated carbocycles. The van der Waals surface area contributed by atoms with Gasteiger partial charge >= 0.3 is 0 Å². The fourth-order valence-electron chi connectivity index (χ4n) is 4.42. The van der Waals surface area contributed by atoms with Crippen molar-refractivity contribution in [3.8, 4) is 0 Å². The van der Waals surface area contributed by atoms with Crippen LogP contribution < -0.4 is 10.6 Å². The van der Waals surface area contributed by atoms with Crippen molar-refractivity contribution in [3.05, 3.63) is 60.1 Å². The van der Waals surface area contributed by atoms with Crippen LogP contribution in [0.3, 0.4) is 0 Å². The molecular weight excluding hydrogens is 468 g/mol. The lowest BCUT2D eigenvalue weighted by Crippen LogP contribution is -2.59. The smallest absolute Gasteiger partial charge is 0.244 e. The maximum Gasteiger partial charge on any atom is 0.244 e. The number of amides is 2. The largest absolute Gasteiger partial charge is 0.372 e. The van der Waals surface area contributed by atoms with Crippen LogP contribution in [0.1, 0.15) is 13.8 Å². The van der Waals surface area contributed by atoms with E-state index in [9.17, 15) is 9.59 Å². The van der Waals surface area contributed by atoms with Gasteiger partial charge in [-0.25, -0.2) is 0 Å². The normalized spacial score (nSPS) is 18.0. The fraction of sp³-hybridized carbons (Fsp3) is 0.280. The zero-order chi connectivity index (χ0) is 24.6. The lowest BCUT2D eigenvalue weighted by atomic mass is 10.0. The number of hydrogen-bond donors (Lipinski definition) is 3. The van der Waals surface area contributed by atoms with E-state index in [1.54, 1.807) is 43.0 Å². The Bertz CT molecular complexity index is 1400. The first-order chi connectivity index (χ1) is 16.8. The summed E-state index contributed by atoms with van der Waals surface area (Å²) >= 11 is 6.39. The van der Waals surface area contributed by atoms with Crippen LogP contribution >= 0.6 is 11.6 Å². The second-order valence-corrected chi connectivity index (χ2v) is 9.63. The molecule has 1 aliphatic heterocycles. The number of hydrogen-bond acceptors (Lipinski definition) is 6. The minimum absolute atomic E-state index is 0.0305. The number of H-pyrrole nitrogens is 1. The summed E-state index contributed by atoms with van der Waals surface area (Å²) < 4.78 is 5.94. The minimum Gasteiger partial charge on any atom is -0.372 e. The van der Waals surface area contributed by atoms with E-state index in [1.165, 1.54) is 0 Å². The molecule has 35 heavy (non-hydrogen) atoms. The molecule has 9 nitrogen and oxygen atoms in total. The molecule has 10 heteroatoms. The summed E-state index contributed by atoms with van der Waals surface area (Å²) in [6.07, 6.45) is 6.65. The fourth-order valence-corrected chi connectivity index (χ4v) is 4.63. The predicted octanol–water partition coefficient (Wildman–Crippen LogP) is 3.82. The number of rotatable bonds is 5. The number of benzene rings is 1. The molecule has 1 aromatic carbocycles. The molecule has 180 valence electrons. The Morgan fingerprint density at radius 1 is 1.17 bits per heavy atom. The quantitative estimate of drug-likeness (QED) is 0.390. The summed E-state index contributed by atoms with van der Waals surface area (Å²) in [6.45, 7) is 4.47. The first-order valence-electron chi connectivity index (χ1n) is 11.2. The first-order valence-corrected chi connectivity index (χ1v) is 11.6. The standard InChI is InChI=1S/C25H25ClN6O3/c1-25(2)14-32(12-22(33)29-16-4-3-6-27-10-16)21(13-35-25)24(34)31-19-9-15(26)8-18-17-5-7-28-11-20(17)30-23(18)19/h3-11,21,30H,12-14H2,1-2H3,(H,29,33)(H,31,34). The number of pyridine rings is 2. The third kappa shape index (κ3) is 4.97. The number of fused-ring (bicyclic) bond motifs is 3. The summed E-state index contributed by atoms with van der Waals surface area (Å²) in [5.74, 6) is -0.517. The van der Waals surface area contributed by atoms with Crippen molar-refractivity contribution < 1.29 is 14.3 Å². The monoisotopic (exact) mass is 492 g/mol. The third-order valence-electron chi connectivity index (χ3n) is 5.98. The van der Waals surface area contributed by atoms with E-state index in [0.717, 1.165) is 21.8 Å². The van der Waals surface area contributed by atoms with Crippen molar-refractivity contribution in [2.45, 2.75) is 25.5 Å². The summed E-state index contributed by atoms with van der Waals surface area (Å²) in [7, 11) is 0. The summed E-state index contributed by atoms with van der Waals surface area (Å²) in [4.78, 5) is 39.5. The Labute approximate surface area is 206 Å². The van der Waals surface area contributed by atoms with Crippen molar-refractivity contribution in [1.29, 1.82) is 0 Å². The van der Waals surface area contributed by atoms with E-state index < -0.39 is 11.6 Å². The van der Waals surface area contributed by atoms with Gasteiger partial charge in [0.2, 0.25) is 11.8 Å². The predicted molar refractivity (Wildman–Crippen MR) is 135 cm³/mol. The van der Waals surface area contributed by atoms with Crippen molar-refractivity contribution >= 4 is 56.6 Å². The van der Waals surface area contributed by atoms with Gasteiger partial charge in [-0.05, 0) is 44.2 Å². The van der Waals surface area contributed by atoms with E-state index in [4.69, 9.17) is 16.3 Å². The number of nitrogens with zero attached hydrogens (tertiary/aromatic N) is 3. The molecule has 3 aromatic heterocycles. The Morgan fingerprint density at radius 2 is 2.00 bits per heavy atom.